The topological polar surface area (TPSA) is 98.0 Å². The van der Waals surface area contributed by atoms with Crippen LogP contribution in [0, 0.1) is 11.8 Å². The van der Waals surface area contributed by atoms with Crippen molar-refractivity contribution in [2.24, 2.45) is 11.8 Å². The van der Waals surface area contributed by atoms with Gasteiger partial charge < -0.3 is 20.4 Å². The Bertz CT molecular complexity index is 463. The molecule has 0 amide bonds. The Labute approximate surface area is 164 Å². The maximum absolute atomic E-state index is 10.5. The maximum Gasteiger partial charge on any atom is 0.303 e. The average molecular weight is 433 g/mol. The molecule has 1 aliphatic rings. The van der Waals surface area contributed by atoms with Crippen molar-refractivity contribution in [2.75, 3.05) is 0 Å². The molecule has 150 valence electrons. The second-order valence-corrected chi connectivity index (χ2v) is 8.46. The van der Waals surface area contributed by atoms with Crippen molar-refractivity contribution < 1.29 is 25.2 Å². The minimum atomic E-state index is -0.768. The van der Waals surface area contributed by atoms with E-state index in [0.717, 1.165) is 19.3 Å². The number of carboxylic acids is 1. The molecule has 0 bridgehead atoms. The number of hydrogen-bond donors (Lipinski definition) is 4. The molecule has 0 aromatic carbocycles. The zero-order valence-electron chi connectivity index (χ0n) is 15.5. The first kappa shape index (κ1) is 23.3. The second kappa shape index (κ2) is 12.7. The van der Waals surface area contributed by atoms with E-state index in [1.165, 1.54) is 0 Å². The molecular formula is C20H33BrO5. The fraction of sp³-hybridized carbons (Fsp3) is 0.750. The SMILES string of the molecule is CC(O)CCC[C@H](O)/C=C/C1[C@@H](C/C=C\CCCC(=O)O)C(Br)C[C@H]1O. The first-order valence-corrected chi connectivity index (χ1v) is 10.5. The number of halogens is 1. The lowest BCUT2D eigenvalue weighted by molar-refractivity contribution is -0.137. The lowest BCUT2D eigenvalue weighted by Crippen LogP contribution is -2.19. The Morgan fingerprint density at radius 1 is 1.23 bits per heavy atom. The summed E-state index contributed by atoms with van der Waals surface area (Å²) in [5.41, 5.74) is 0. The molecule has 3 unspecified atom stereocenters. The standard InChI is InChI=1S/C20H33BrO5/c1-14(22)7-6-8-15(23)11-12-17-16(18(21)13-19(17)24)9-4-2-3-5-10-20(25)26/h2,4,11-12,14-19,22-24H,3,5-10,13H2,1H3,(H,25,26)/b4-2-,12-11+/t14?,15-,16+,17?,18?,19+/m0/s1. The van der Waals surface area contributed by atoms with Crippen LogP contribution < -0.4 is 0 Å². The number of aliphatic carboxylic acids is 1. The summed E-state index contributed by atoms with van der Waals surface area (Å²) in [5, 5.41) is 38.2. The average Bonchev–Trinajstić information content (AvgIpc) is 2.81. The minimum absolute atomic E-state index is 0.00513. The molecular weight excluding hydrogens is 400 g/mol. The summed E-state index contributed by atoms with van der Waals surface area (Å²) in [7, 11) is 0. The highest BCUT2D eigenvalue weighted by molar-refractivity contribution is 9.09. The predicted molar refractivity (Wildman–Crippen MR) is 106 cm³/mol. The van der Waals surface area contributed by atoms with Gasteiger partial charge in [-0.2, -0.15) is 0 Å². The van der Waals surface area contributed by atoms with Crippen LogP contribution in [0.2, 0.25) is 0 Å². The van der Waals surface area contributed by atoms with Crippen LogP contribution in [-0.4, -0.2) is 49.5 Å². The first-order valence-electron chi connectivity index (χ1n) is 9.54. The second-order valence-electron chi connectivity index (χ2n) is 7.29. The highest BCUT2D eigenvalue weighted by atomic mass is 79.9. The number of unbranched alkanes of at least 4 members (excludes halogenated alkanes) is 1. The number of aliphatic hydroxyl groups excluding tert-OH is 3. The number of alkyl halides is 1. The third kappa shape index (κ3) is 9.31. The molecule has 0 heterocycles. The Balaban J connectivity index is 2.46. The summed E-state index contributed by atoms with van der Waals surface area (Å²) < 4.78 is 0. The van der Waals surface area contributed by atoms with E-state index in [-0.39, 0.29) is 29.2 Å². The van der Waals surface area contributed by atoms with Crippen LogP contribution in [0.3, 0.4) is 0 Å². The van der Waals surface area contributed by atoms with Crippen molar-refractivity contribution in [3.05, 3.63) is 24.3 Å². The molecule has 0 aliphatic heterocycles. The van der Waals surface area contributed by atoms with Gasteiger partial charge in [0.05, 0.1) is 18.3 Å². The van der Waals surface area contributed by atoms with E-state index in [1.54, 1.807) is 13.0 Å². The van der Waals surface area contributed by atoms with Gasteiger partial charge in [0.25, 0.3) is 0 Å². The van der Waals surface area contributed by atoms with Crippen LogP contribution in [0.5, 0.6) is 0 Å². The molecule has 1 aliphatic carbocycles. The van der Waals surface area contributed by atoms with Gasteiger partial charge in [0.2, 0.25) is 0 Å². The van der Waals surface area contributed by atoms with Gasteiger partial charge in [0, 0.05) is 17.2 Å². The fourth-order valence-corrected chi connectivity index (χ4v) is 4.33. The molecule has 0 saturated heterocycles. The molecule has 1 rings (SSSR count). The van der Waals surface area contributed by atoms with Gasteiger partial charge in [0.15, 0.2) is 0 Å². The summed E-state index contributed by atoms with van der Waals surface area (Å²) in [6, 6.07) is 0. The zero-order valence-corrected chi connectivity index (χ0v) is 17.1. The summed E-state index contributed by atoms with van der Waals surface area (Å²) in [4.78, 5) is 10.7. The molecule has 26 heavy (non-hydrogen) atoms. The monoisotopic (exact) mass is 432 g/mol. The van der Waals surface area contributed by atoms with Gasteiger partial charge in [-0.15, -0.1) is 0 Å². The van der Waals surface area contributed by atoms with E-state index >= 15 is 0 Å². The van der Waals surface area contributed by atoms with Crippen molar-refractivity contribution in [1.82, 2.24) is 0 Å². The van der Waals surface area contributed by atoms with Crippen molar-refractivity contribution in [3.63, 3.8) is 0 Å². The number of aliphatic hydroxyl groups is 3. The summed E-state index contributed by atoms with van der Waals surface area (Å²) >= 11 is 3.66. The third-order valence-corrected chi connectivity index (χ3v) is 5.94. The number of allylic oxidation sites excluding steroid dienone is 2. The smallest absolute Gasteiger partial charge is 0.303 e. The summed E-state index contributed by atoms with van der Waals surface area (Å²) in [6.07, 6.45) is 11.6. The largest absolute Gasteiger partial charge is 0.481 e. The van der Waals surface area contributed by atoms with Gasteiger partial charge in [-0.25, -0.2) is 0 Å². The van der Waals surface area contributed by atoms with Crippen molar-refractivity contribution >= 4 is 21.9 Å². The van der Waals surface area contributed by atoms with E-state index in [0.29, 0.717) is 25.7 Å². The van der Waals surface area contributed by atoms with Crippen LogP contribution in [0.4, 0.5) is 0 Å². The van der Waals surface area contributed by atoms with Crippen LogP contribution >= 0.6 is 15.9 Å². The molecule has 4 N–H and O–H groups in total. The molecule has 0 radical (unpaired) electrons. The normalized spacial score (nSPS) is 28.8. The van der Waals surface area contributed by atoms with Crippen molar-refractivity contribution in [2.45, 2.75) is 81.4 Å². The highest BCUT2D eigenvalue weighted by Crippen LogP contribution is 2.40. The quantitative estimate of drug-likeness (QED) is 0.215. The Hall–Kier alpha value is -0.690. The lowest BCUT2D eigenvalue weighted by Gasteiger charge is -2.19. The number of carboxylic acid groups (broad SMARTS) is 1. The summed E-state index contributed by atoms with van der Waals surface area (Å²) in [5.74, 6) is -0.522. The van der Waals surface area contributed by atoms with E-state index in [9.17, 15) is 20.1 Å². The molecule has 0 aromatic heterocycles. The first-order chi connectivity index (χ1) is 12.3. The molecule has 1 saturated carbocycles. The molecule has 1 fully saturated rings. The fourth-order valence-electron chi connectivity index (χ4n) is 3.38. The van der Waals surface area contributed by atoms with Gasteiger partial charge in [0.1, 0.15) is 0 Å². The number of rotatable bonds is 12. The van der Waals surface area contributed by atoms with Crippen LogP contribution in [0.15, 0.2) is 24.3 Å². The van der Waals surface area contributed by atoms with Crippen molar-refractivity contribution in [1.29, 1.82) is 0 Å². The van der Waals surface area contributed by atoms with Gasteiger partial charge >= 0.3 is 5.97 Å². The molecule has 6 atom stereocenters. The van der Waals surface area contributed by atoms with Crippen LogP contribution in [0.1, 0.15) is 58.3 Å². The third-order valence-electron chi connectivity index (χ3n) is 4.88. The van der Waals surface area contributed by atoms with E-state index in [2.05, 4.69) is 22.0 Å². The zero-order chi connectivity index (χ0) is 19.5. The van der Waals surface area contributed by atoms with Crippen LogP contribution in [0.25, 0.3) is 0 Å². The van der Waals surface area contributed by atoms with E-state index < -0.39 is 18.2 Å². The van der Waals surface area contributed by atoms with Crippen LogP contribution in [-0.2, 0) is 4.79 Å². The number of carbonyl (C=O) groups is 1. The molecule has 5 nitrogen and oxygen atoms in total. The van der Waals surface area contributed by atoms with Gasteiger partial charge in [-0.3, -0.25) is 4.79 Å². The molecule has 6 heteroatoms. The Morgan fingerprint density at radius 3 is 2.62 bits per heavy atom. The number of hydrogen-bond acceptors (Lipinski definition) is 4. The van der Waals surface area contributed by atoms with E-state index in [4.69, 9.17) is 5.11 Å². The van der Waals surface area contributed by atoms with Gasteiger partial charge in [-0.1, -0.05) is 40.2 Å². The molecule has 0 spiro atoms. The van der Waals surface area contributed by atoms with Crippen molar-refractivity contribution in [3.8, 4) is 0 Å². The summed E-state index contributed by atoms with van der Waals surface area (Å²) in [6.45, 7) is 1.74. The van der Waals surface area contributed by atoms with E-state index in [1.807, 2.05) is 12.2 Å². The Kier molecular flexibility index (Phi) is 11.4. The molecule has 0 aromatic rings. The minimum Gasteiger partial charge on any atom is -0.481 e. The Morgan fingerprint density at radius 2 is 1.96 bits per heavy atom. The predicted octanol–water partition coefficient (Wildman–Crippen LogP) is 3.42. The van der Waals surface area contributed by atoms with Gasteiger partial charge in [-0.05, 0) is 57.8 Å². The lowest BCUT2D eigenvalue weighted by atomic mass is 9.90. The highest BCUT2D eigenvalue weighted by Gasteiger charge is 2.38. The maximum atomic E-state index is 10.5.